The molecule has 3 rings (SSSR count). The van der Waals surface area contributed by atoms with Crippen molar-refractivity contribution in [3.8, 4) is 0 Å². The highest BCUT2D eigenvalue weighted by Gasteiger charge is 2.29. The SMILES string of the molecule is O=C(/C=C/c1cccs1)O[C@@H](C(=O)N1CCOCC1)c1ccccc1. The van der Waals surface area contributed by atoms with Crippen LogP contribution in [0.15, 0.2) is 53.9 Å². The molecule has 1 aromatic heterocycles. The number of hydrogen-bond donors (Lipinski definition) is 0. The Bertz CT molecular complexity index is 721. The molecule has 1 saturated heterocycles. The summed E-state index contributed by atoms with van der Waals surface area (Å²) in [6, 6.07) is 12.9. The van der Waals surface area contributed by atoms with E-state index in [9.17, 15) is 9.59 Å². The third-order valence-corrected chi connectivity index (χ3v) is 4.65. The molecule has 130 valence electrons. The maximum Gasteiger partial charge on any atom is 0.331 e. The first-order valence-corrected chi connectivity index (χ1v) is 8.96. The summed E-state index contributed by atoms with van der Waals surface area (Å²) in [7, 11) is 0. The minimum absolute atomic E-state index is 0.215. The summed E-state index contributed by atoms with van der Waals surface area (Å²) < 4.78 is 10.8. The van der Waals surface area contributed by atoms with Gasteiger partial charge in [0.1, 0.15) is 0 Å². The fourth-order valence-corrected chi connectivity index (χ4v) is 3.15. The Labute approximate surface area is 150 Å². The van der Waals surface area contributed by atoms with Gasteiger partial charge in [0.25, 0.3) is 5.91 Å². The molecule has 25 heavy (non-hydrogen) atoms. The van der Waals surface area contributed by atoms with Gasteiger partial charge in [-0.15, -0.1) is 11.3 Å². The van der Waals surface area contributed by atoms with E-state index in [1.165, 1.54) is 17.4 Å². The fourth-order valence-electron chi connectivity index (χ4n) is 2.53. The average molecular weight is 357 g/mol. The zero-order valence-electron chi connectivity index (χ0n) is 13.7. The number of hydrogen-bond acceptors (Lipinski definition) is 5. The predicted octanol–water partition coefficient (Wildman–Crippen LogP) is 2.90. The lowest BCUT2D eigenvalue weighted by molar-refractivity contribution is -0.159. The summed E-state index contributed by atoms with van der Waals surface area (Å²) in [6.45, 7) is 2.01. The number of thiophene rings is 1. The molecule has 1 fully saturated rings. The Hall–Kier alpha value is -2.44. The molecule has 0 unspecified atom stereocenters. The van der Waals surface area contributed by atoms with Gasteiger partial charge in [0.05, 0.1) is 13.2 Å². The van der Waals surface area contributed by atoms with Crippen LogP contribution >= 0.6 is 11.3 Å². The van der Waals surface area contributed by atoms with Crippen molar-refractivity contribution in [3.63, 3.8) is 0 Å². The zero-order chi connectivity index (χ0) is 17.5. The van der Waals surface area contributed by atoms with E-state index in [4.69, 9.17) is 9.47 Å². The zero-order valence-corrected chi connectivity index (χ0v) is 14.5. The molecule has 2 heterocycles. The third-order valence-electron chi connectivity index (χ3n) is 3.81. The minimum atomic E-state index is -0.945. The maximum absolute atomic E-state index is 12.8. The fraction of sp³-hybridized carbons (Fsp3) is 0.263. The van der Waals surface area contributed by atoms with Crippen LogP contribution in [0.3, 0.4) is 0 Å². The van der Waals surface area contributed by atoms with Gasteiger partial charge in [0, 0.05) is 29.6 Å². The lowest BCUT2D eigenvalue weighted by Crippen LogP contribution is -2.44. The van der Waals surface area contributed by atoms with Crippen LogP contribution in [-0.2, 0) is 19.1 Å². The third kappa shape index (κ3) is 4.78. The lowest BCUT2D eigenvalue weighted by Gasteiger charge is -2.30. The van der Waals surface area contributed by atoms with Crippen molar-refractivity contribution in [1.82, 2.24) is 4.90 Å². The first-order valence-electron chi connectivity index (χ1n) is 8.08. The summed E-state index contributed by atoms with van der Waals surface area (Å²) in [4.78, 5) is 27.7. The largest absolute Gasteiger partial charge is 0.444 e. The average Bonchev–Trinajstić information content (AvgIpc) is 3.19. The Kier molecular flexibility index (Phi) is 5.98. The second-order valence-electron chi connectivity index (χ2n) is 5.51. The number of carbonyl (C=O) groups excluding carboxylic acids is 2. The van der Waals surface area contributed by atoms with Crippen molar-refractivity contribution >= 4 is 29.3 Å². The van der Waals surface area contributed by atoms with E-state index in [1.807, 2.05) is 35.7 Å². The van der Waals surface area contributed by atoms with Gasteiger partial charge in [-0.3, -0.25) is 4.79 Å². The molecule has 6 heteroatoms. The van der Waals surface area contributed by atoms with Gasteiger partial charge in [0.2, 0.25) is 6.10 Å². The molecule has 1 aliphatic heterocycles. The van der Waals surface area contributed by atoms with Gasteiger partial charge >= 0.3 is 5.97 Å². The highest BCUT2D eigenvalue weighted by molar-refractivity contribution is 7.10. The van der Waals surface area contributed by atoms with Crippen LogP contribution < -0.4 is 0 Å². The molecular weight excluding hydrogens is 338 g/mol. The normalized spacial score (nSPS) is 15.9. The topological polar surface area (TPSA) is 55.8 Å². The molecule has 0 aliphatic carbocycles. The number of morpholine rings is 1. The number of amides is 1. The molecule has 2 aromatic rings. The molecule has 1 amide bonds. The summed E-state index contributed by atoms with van der Waals surface area (Å²) >= 11 is 1.53. The van der Waals surface area contributed by atoms with E-state index in [-0.39, 0.29) is 5.91 Å². The molecule has 0 N–H and O–H groups in total. The molecule has 1 atom stereocenters. The van der Waals surface area contributed by atoms with Crippen LogP contribution in [0, 0.1) is 0 Å². The van der Waals surface area contributed by atoms with Crippen molar-refractivity contribution in [2.75, 3.05) is 26.3 Å². The molecule has 5 nitrogen and oxygen atoms in total. The van der Waals surface area contributed by atoms with Gasteiger partial charge in [-0.1, -0.05) is 36.4 Å². The second kappa shape index (κ2) is 8.60. The highest BCUT2D eigenvalue weighted by atomic mass is 32.1. The monoisotopic (exact) mass is 357 g/mol. The number of carbonyl (C=O) groups is 2. The second-order valence-corrected chi connectivity index (χ2v) is 6.49. The van der Waals surface area contributed by atoms with Crippen LogP contribution in [0.2, 0.25) is 0 Å². The van der Waals surface area contributed by atoms with Crippen LogP contribution in [0.4, 0.5) is 0 Å². The Morgan fingerprint density at radius 2 is 1.88 bits per heavy atom. The number of benzene rings is 1. The number of rotatable bonds is 5. The van der Waals surface area contributed by atoms with E-state index in [0.717, 1.165) is 4.88 Å². The van der Waals surface area contributed by atoms with Gasteiger partial charge in [0.15, 0.2) is 0 Å². The Morgan fingerprint density at radius 1 is 1.12 bits per heavy atom. The Morgan fingerprint density at radius 3 is 2.56 bits per heavy atom. The van der Waals surface area contributed by atoms with Gasteiger partial charge in [-0.2, -0.15) is 0 Å². The van der Waals surface area contributed by atoms with E-state index >= 15 is 0 Å². The summed E-state index contributed by atoms with van der Waals surface area (Å²) in [5.74, 6) is -0.753. The van der Waals surface area contributed by atoms with Gasteiger partial charge in [-0.25, -0.2) is 4.79 Å². The predicted molar refractivity (Wildman–Crippen MR) is 96.0 cm³/mol. The van der Waals surface area contributed by atoms with E-state index < -0.39 is 12.1 Å². The van der Waals surface area contributed by atoms with Gasteiger partial charge < -0.3 is 14.4 Å². The van der Waals surface area contributed by atoms with E-state index in [0.29, 0.717) is 31.9 Å². The number of esters is 1. The molecule has 0 saturated carbocycles. The highest BCUT2D eigenvalue weighted by Crippen LogP contribution is 2.21. The van der Waals surface area contributed by atoms with E-state index in [1.54, 1.807) is 23.1 Å². The number of nitrogens with zero attached hydrogens (tertiary/aromatic N) is 1. The molecular formula is C19H19NO4S. The molecule has 1 aliphatic rings. The lowest BCUT2D eigenvalue weighted by atomic mass is 10.1. The molecule has 0 radical (unpaired) electrons. The van der Waals surface area contributed by atoms with Crippen LogP contribution in [-0.4, -0.2) is 43.1 Å². The van der Waals surface area contributed by atoms with Crippen molar-refractivity contribution in [2.45, 2.75) is 6.10 Å². The summed E-state index contributed by atoms with van der Waals surface area (Å²) in [5, 5.41) is 1.93. The van der Waals surface area contributed by atoms with Crippen molar-refractivity contribution in [3.05, 3.63) is 64.4 Å². The maximum atomic E-state index is 12.8. The smallest absolute Gasteiger partial charge is 0.331 e. The van der Waals surface area contributed by atoms with Crippen molar-refractivity contribution in [1.29, 1.82) is 0 Å². The standard InChI is InChI=1S/C19H19NO4S/c21-17(9-8-16-7-4-14-25-16)24-18(15-5-2-1-3-6-15)19(22)20-10-12-23-13-11-20/h1-9,14,18H,10-13H2/b9-8+/t18-/m1/s1. The van der Waals surface area contributed by atoms with Crippen molar-refractivity contribution in [2.24, 2.45) is 0 Å². The molecule has 0 spiro atoms. The number of ether oxygens (including phenoxy) is 2. The molecule has 1 aromatic carbocycles. The molecule has 0 bridgehead atoms. The summed E-state index contributed by atoms with van der Waals surface area (Å²) in [5.41, 5.74) is 0.664. The van der Waals surface area contributed by atoms with Gasteiger partial charge in [-0.05, 0) is 17.5 Å². The van der Waals surface area contributed by atoms with E-state index in [2.05, 4.69) is 0 Å². The summed E-state index contributed by atoms with van der Waals surface area (Å²) in [6.07, 6.45) is 2.10. The van der Waals surface area contributed by atoms with Crippen LogP contribution in [0.1, 0.15) is 16.5 Å². The van der Waals surface area contributed by atoms with Crippen molar-refractivity contribution < 1.29 is 19.1 Å². The van der Waals surface area contributed by atoms with Crippen LogP contribution in [0.25, 0.3) is 6.08 Å². The first-order chi connectivity index (χ1) is 12.2. The Balaban J connectivity index is 1.74. The quantitative estimate of drug-likeness (QED) is 0.610. The first kappa shape index (κ1) is 17.4. The van der Waals surface area contributed by atoms with Crippen LogP contribution in [0.5, 0.6) is 0 Å². The minimum Gasteiger partial charge on any atom is -0.444 e.